The van der Waals surface area contributed by atoms with Gasteiger partial charge in [0.05, 0.1) is 0 Å². The van der Waals surface area contributed by atoms with Gasteiger partial charge in [-0.1, -0.05) is 12.2 Å². The molecule has 1 saturated heterocycles. The van der Waals surface area contributed by atoms with Crippen molar-refractivity contribution in [2.24, 2.45) is 5.41 Å². The molecule has 0 amide bonds. The fourth-order valence-corrected chi connectivity index (χ4v) is 3.31. The number of carboxylic acids is 2. The molecule has 0 aromatic heterocycles. The minimum absolute atomic E-state index is 0.0512. The molecule has 3 unspecified atom stereocenters. The number of aliphatic hydroxyl groups is 1. The number of allylic oxidation sites excluding steroid dienone is 2. The van der Waals surface area contributed by atoms with Crippen molar-refractivity contribution in [1.82, 2.24) is 4.90 Å². The SMILES string of the molecule is N#CN1C(CC2(CO)CC=CCC2)CCC1C(=O)O.O=C(O)C(F)(F)F. The summed E-state index contributed by atoms with van der Waals surface area (Å²) in [6, 6.07) is -0.741. The van der Waals surface area contributed by atoms with E-state index in [1.54, 1.807) is 0 Å². The Bertz CT molecular complexity index is 587. The van der Waals surface area contributed by atoms with Crippen LogP contribution in [0.15, 0.2) is 12.2 Å². The summed E-state index contributed by atoms with van der Waals surface area (Å²) in [5.74, 6) is -3.68. The van der Waals surface area contributed by atoms with Gasteiger partial charge in [0.1, 0.15) is 6.04 Å². The molecule has 0 bridgehead atoms. The van der Waals surface area contributed by atoms with Crippen LogP contribution in [0.2, 0.25) is 0 Å². The highest BCUT2D eigenvalue weighted by Gasteiger charge is 2.42. The number of alkyl halides is 3. The summed E-state index contributed by atoms with van der Waals surface area (Å²) < 4.78 is 31.7. The quantitative estimate of drug-likeness (QED) is 0.506. The molecule has 3 N–H and O–H groups in total. The van der Waals surface area contributed by atoms with E-state index in [2.05, 4.69) is 12.2 Å². The number of carboxylic acid groups (broad SMARTS) is 2. The first-order valence-corrected chi connectivity index (χ1v) is 8.03. The second-order valence-corrected chi connectivity index (χ2v) is 6.47. The van der Waals surface area contributed by atoms with Gasteiger partial charge in [0.2, 0.25) is 0 Å². The van der Waals surface area contributed by atoms with Crippen molar-refractivity contribution < 1.29 is 38.1 Å². The number of halogens is 3. The fraction of sp³-hybridized carbons (Fsp3) is 0.688. The largest absolute Gasteiger partial charge is 0.490 e. The highest BCUT2D eigenvalue weighted by atomic mass is 19.4. The van der Waals surface area contributed by atoms with Crippen molar-refractivity contribution in [2.45, 2.75) is 56.8 Å². The van der Waals surface area contributed by atoms with Crippen LogP contribution in [-0.4, -0.2) is 57.0 Å². The van der Waals surface area contributed by atoms with Crippen LogP contribution in [-0.2, 0) is 9.59 Å². The number of nitriles is 1. The van der Waals surface area contributed by atoms with Crippen LogP contribution in [0.4, 0.5) is 13.2 Å². The Labute approximate surface area is 148 Å². The van der Waals surface area contributed by atoms with E-state index in [0.29, 0.717) is 12.8 Å². The first-order chi connectivity index (χ1) is 12.1. The molecule has 26 heavy (non-hydrogen) atoms. The molecule has 1 fully saturated rings. The molecule has 3 atom stereocenters. The smallest absolute Gasteiger partial charge is 0.480 e. The second-order valence-electron chi connectivity index (χ2n) is 6.47. The van der Waals surface area contributed by atoms with Gasteiger partial charge in [-0.3, -0.25) is 4.90 Å². The predicted molar refractivity (Wildman–Crippen MR) is 82.7 cm³/mol. The van der Waals surface area contributed by atoms with E-state index < -0.39 is 24.2 Å². The van der Waals surface area contributed by atoms with Crippen molar-refractivity contribution in [3.8, 4) is 6.19 Å². The molecule has 2 aliphatic rings. The van der Waals surface area contributed by atoms with Crippen LogP contribution in [0.1, 0.15) is 38.5 Å². The second kappa shape index (κ2) is 8.89. The number of rotatable bonds is 4. The summed E-state index contributed by atoms with van der Waals surface area (Å²) in [5, 5.41) is 35.1. The van der Waals surface area contributed by atoms with E-state index in [1.807, 2.05) is 6.19 Å². The van der Waals surface area contributed by atoms with Crippen molar-refractivity contribution in [3.05, 3.63) is 12.2 Å². The lowest BCUT2D eigenvalue weighted by Crippen LogP contribution is -2.41. The molecule has 0 saturated carbocycles. The molecule has 1 aliphatic heterocycles. The summed E-state index contributed by atoms with van der Waals surface area (Å²) in [4.78, 5) is 21.4. The molecule has 146 valence electrons. The molecule has 7 nitrogen and oxygen atoms in total. The average molecular weight is 378 g/mol. The Morgan fingerprint density at radius 1 is 1.27 bits per heavy atom. The Morgan fingerprint density at radius 3 is 2.27 bits per heavy atom. The molecule has 1 heterocycles. The van der Waals surface area contributed by atoms with Crippen molar-refractivity contribution in [2.75, 3.05) is 6.61 Å². The molecule has 0 aromatic rings. The summed E-state index contributed by atoms with van der Waals surface area (Å²) in [6.07, 6.45) is 5.75. The molecular formula is C16H21F3N2O5. The third kappa shape index (κ3) is 5.62. The number of carbonyl (C=O) groups is 2. The van der Waals surface area contributed by atoms with Crippen molar-refractivity contribution in [3.63, 3.8) is 0 Å². The molecule has 0 radical (unpaired) electrons. The van der Waals surface area contributed by atoms with Gasteiger partial charge in [-0.25, -0.2) is 9.59 Å². The fourth-order valence-electron chi connectivity index (χ4n) is 3.31. The summed E-state index contributed by atoms with van der Waals surface area (Å²) in [7, 11) is 0. The van der Waals surface area contributed by atoms with Gasteiger partial charge < -0.3 is 15.3 Å². The van der Waals surface area contributed by atoms with E-state index in [9.17, 15) is 28.3 Å². The highest BCUT2D eigenvalue weighted by molar-refractivity contribution is 5.74. The minimum Gasteiger partial charge on any atom is -0.480 e. The predicted octanol–water partition coefficient (Wildman–Crippen LogP) is 2.13. The number of nitrogens with zero attached hydrogens (tertiary/aromatic N) is 2. The highest BCUT2D eigenvalue weighted by Crippen LogP contribution is 2.40. The Balaban J connectivity index is 0.000000412. The van der Waals surface area contributed by atoms with Crippen molar-refractivity contribution in [1.29, 1.82) is 5.26 Å². The normalized spacial score (nSPS) is 28.0. The van der Waals surface area contributed by atoms with E-state index in [0.717, 1.165) is 25.7 Å². The number of hydrogen-bond donors (Lipinski definition) is 3. The molecule has 0 aromatic carbocycles. The zero-order valence-electron chi connectivity index (χ0n) is 13.9. The summed E-state index contributed by atoms with van der Waals surface area (Å²) in [5.41, 5.74) is -0.179. The van der Waals surface area contributed by atoms with Gasteiger partial charge >= 0.3 is 18.1 Å². The van der Waals surface area contributed by atoms with E-state index in [4.69, 9.17) is 15.0 Å². The van der Waals surface area contributed by atoms with Crippen LogP contribution in [0, 0.1) is 16.9 Å². The lowest BCUT2D eigenvalue weighted by atomic mass is 9.73. The number of hydrogen-bond acceptors (Lipinski definition) is 5. The van der Waals surface area contributed by atoms with Crippen LogP contribution in [0.5, 0.6) is 0 Å². The maximum atomic E-state index is 11.1. The maximum absolute atomic E-state index is 11.1. The van der Waals surface area contributed by atoms with Gasteiger partial charge in [0, 0.05) is 12.6 Å². The Hall–Kier alpha value is -2.28. The minimum atomic E-state index is -5.08. The third-order valence-corrected chi connectivity index (χ3v) is 4.71. The van der Waals surface area contributed by atoms with Gasteiger partial charge in [-0.2, -0.15) is 18.4 Å². The van der Waals surface area contributed by atoms with E-state index >= 15 is 0 Å². The summed E-state index contributed by atoms with van der Waals surface area (Å²) >= 11 is 0. The monoisotopic (exact) mass is 378 g/mol. The first kappa shape index (κ1) is 21.8. The molecular weight excluding hydrogens is 357 g/mol. The third-order valence-electron chi connectivity index (χ3n) is 4.71. The Morgan fingerprint density at radius 2 is 1.88 bits per heavy atom. The van der Waals surface area contributed by atoms with Gasteiger partial charge in [-0.15, -0.1) is 0 Å². The standard InChI is InChI=1S/C14H20N2O3.C2HF3O2/c15-10-16-11(4-5-12(16)13(18)19)8-14(9-17)6-2-1-3-7-14;3-2(4,5)1(6)7/h1-2,11-12,17H,3-9H2,(H,18,19);(H,6,7). The molecule has 2 rings (SSSR count). The number of aliphatic carboxylic acids is 2. The van der Waals surface area contributed by atoms with E-state index in [-0.39, 0.29) is 18.1 Å². The lowest BCUT2D eigenvalue weighted by molar-refractivity contribution is -0.192. The number of likely N-dealkylation sites (tertiary alicyclic amines) is 1. The molecule has 1 aliphatic carbocycles. The molecule has 0 spiro atoms. The molecule has 10 heteroatoms. The lowest BCUT2D eigenvalue weighted by Gasteiger charge is -2.37. The first-order valence-electron chi connectivity index (χ1n) is 8.03. The number of aliphatic hydroxyl groups excluding tert-OH is 1. The summed E-state index contributed by atoms with van der Waals surface area (Å²) in [6.45, 7) is 0.102. The maximum Gasteiger partial charge on any atom is 0.490 e. The average Bonchev–Trinajstić information content (AvgIpc) is 2.98. The topological polar surface area (TPSA) is 122 Å². The zero-order chi connectivity index (χ0) is 20.0. The van der Waals surface area contributed by atoms with Crippen LogP contribution in [0.25, 0.3) is 0 Å². The van der Waals surface area contributed by atoms with Crippen LogP contribution >= 0.6 is 0 Å². The zero-order valence-corrected chi connectivity index (χ0v) is 13.9. The van der Waals surface area contributed by atoms with Gasteiger partial charge in [0.15, 0.2) is 6.19 Å². The van der Waals surface area contributed by atoms with Crippen molar-refractivity contribution >= 4 is 11.9 Å². The van der Waals surface area contributed by atoms with E-state index in [1.165, 1.54) is 4.90 Å². The van der Waals surface area contributed by atoms with Crippen LogP contribution < -0.4 is 0 Å². The Kier molecular flexibility index (Phi) is 7.44. The van der Waals surface area contributed by atoms with Crippen LogP contribution in [0.3, 0.4) is 0 Å². The van der Waals surface area contributed by atoms with Gasteiger partial charge in [-0.05, 0) is 43.9 Å². The van der Waals surface area contributed by atoms with Gasteiger partial charge in [0.25, 0.3) is 0 Å².